The Morgan fingerprint density at radius 2 is 1.81 bits per heavy atom. The van der Waals surface area contributed by atoms with E-state index < -0.39 is 11.4 Å². The predicted molar refractivity (Wildman–Crippen MR) is 102 cm³/mol. The molecule has 0 aliphatic carbocycles. The molecule has 138 valence electrons. The number of hydrogen-bond acceptors (Lipinski definition) is 5. The monoisotopic (exact) mass is 384 g/mol. The normalized spacial score (nSPS) is 10.7. The molecule has 2 N–H and O–H groups in total. The van der Waals surface area contributed by atoms with E-state index in [-0.39, 0.29) is 34.5 Å². The minimum atomic E-state index is -0.489. The molecule has 0 spiro atoms. The zero-order valence-electron chi connectivity index (χ0n) is 14.5. The highest BCUT2D eigenvalue weighted by molar-refractivity contribution is 7.99. The Bertz CT molecular complexity index is 1010. The van der Waals surface area contributed by atoms with Crippen molar-refractivity contribution >= 4 is 17.5 Å². The van der Waals surface area contributed by atoms with E-state index >= 15 is 0 Å². The van der Waals surface area contributed by atoms with Crippen molar-refractivity contribution in [3.63, 3.8) is 0 Å². The van der Waals surface area contributed by atoms with Crippen LogP contribution in [0.2, 0.25) is 0 Å². The highest BCUT2D eigenvalue weighted by Gasteiger charge is 2.14. The summed E-state index contributed by atoms with van der Waals surface area (Å²) < 4.78 is 13.0. The number of Topliss-reactive ketones (excluding diaryl/α,β-unsaturated/α-hetero) is 1. The van der Waals surface area contributed by atoms with Crippen LogP contribution in [0.4, 0.5) is 4.39 Å². The number of carbonyl (C=O) groups excluding carboxylic acids is 1. The van der Waals surface area contributed by atoms with E-state index in [0.717, 1.165) is 17.3 Å². The third-order valence-corrected chi connectivity index (χ3v) is 4.85. The maximum absolute atomic E-state index is 13.0. The van der Waals surface area contributed by atoms with Crippen molar-refractivity contribution in [3.05, 3.63) is 87.0 Å². The minimum absolute atomic E-state index is 0.0861. The molecule has 0 bridgehead atoms. The molecule has 1 aromatic heterocycles. The van der Waals surface area contributed by atoms with Crippen LogP contribution < -0.4 is 5.56 Å². The fourth-order valence-corrected chi connectivity index (χ4v) is 3.21. The zero-order valence-corrected chi connectivity index (χ0v) is 15.3. The van der Waals surface area contributed by atoms with Gasteiger partial charge in [0.05, 0.1) is 11.3 Å². The van der Waals surface area contributed by atoms with Crippen molar-refractivity contribution in [2.24, 2.45) is 0 Å². The van der Waals surface area contributed by atoms with Gasteiger partial charge in [-0.2, -0.15) is 4.98 Å². The average molecular weight is 384 g/mol. The summed E-state index contributed by atoms with van der Waals surface area (Å²) in [6.45, 7) is 1.94. The van der Waals surface area contributed by atoms with Gasteiger partial charge in [0.25, 0.3) is 5.56 Å². The summed E-state index contributed by atoms with van der Waals surface area (Å²) in [4.78, 5) is 31.0. The quantitative estimate of drug-likeness (QED) is 0.386. The summed E-state index contributed by atoms with van der Waals surface area (Å²) in [5.41, 5.74) is 1.92. The van der Waals surface area contributed by atoms with E-state index in [2.05, 4.69) is 9.97 Å². The SMILES string of the molecule is Cc1ccc(C(=O)CSc2nc(O)c(Cc3ccc(F)cc3)c(=O)[nH]2)cc1. The third kappa shape index (κ3) is 4.83. The number of aromatic amines is 1. The molecule has 0 saturated carbocycles. The van der Waals surface area contributed by atoms with Gasteiger partial charge in [-0.05, 0) is 24.6 Å². The van der Waals surface area contributed by atoms with Crippen molar-refractivity contribution in [2.75, 3.05) is 5.75 Å². The van der Waals surface area contributed by atoms with Crippen LogP contribution in [0.25, 0.3) is 0 Å². The molecule has 7 heteroatoms. The molecular formula is C20H17FN2O3S. The standard InChI is InChI=1S/C20H17FN2O3S/c1-12-2-6-14(7-3-12)17(24)11-27-20-22-18(25)16(19(26)23-20)10-13-4-8-15(21)9-5-13/h2-9H,10-11H2,1H3,(H2,22,23,25,26). The molecule has 0 radical (unpaired) electrons. The van der Waals surface area contributed by atoms with Gasteiger partial charge in [0.15, 0.2) is 10.9 Å². The first-order chi connectivity index (χ1) is 12.9. The minimum Gasteiger partial charge on any atom is -0.493 e. The van der Waals surface area contributed by atoms with Gasteiger partial charge in [0, 0.05) is 12.0 Å². The number of nitrogens with zero attached hydrogens (tertiary/aromatic N) is 1. The summed E-state index contributed by atoms with van der Waals surface area (Å²) in [6.07, 6.45) is 0.127. The largest absolute Gasteiger partial charge is 0.493 e. The first kappa shape index (κ1) is 18.8. The zero-order chi connectivity index (χ0) is 19.4. The van der Waals surface area contributed by atoms with Crippen molar-refractivity contribution in [3.8, 4) is 5.88 Å². The molecule has 3 aromatic rings. The predicted octanol–water partition coefficient (Wildman–Crippen LogP) is 3.49. The maximum atomic E-state index is 13.0. The molecule has 0 fully saturated rings. The fraction of sp³-hybridized carbons (Fsp3) is 0.150. The molecule has 1 heterocycles. The van der Waals surface area contributed by atoms with Gasteiger partial charge < -0.3 is 10.1 Å². The first-order valence-corrected chi connectivity index (χ1v) is 9.20. The number of aryl methyl sites for hydroxylation is 1. The number of aromatic hydroxyl groups is 1. The fourth-order valence-electron chi connectivity index (χ4n) is 2.46. The van der Waals surface area contributed by atoms with E-state index in [1.165, 1.54) is 24.3 Å². The number of nitrogens with one attached hydrogen (secondary N) is 1. The summed E-state index contributed by atoms with van der Waals surface area (Å²) in [5, 5.41) is 10.3. The molecule has 2 aromatic carbocycles. The second kappa shape index (κ2) is 8.18. The van der Waals surface area contributed by atoms with Gasteiger partial charge in [-0.3, -0.25) is 9.59 Å². The lowest BCUT2D eigenvalue weighted by Crippen LogP contribution is -2.16. The van der Waals surface area contributed by atoms with Crippen molar-refractivity contribution in [1.82, 2.24) is 9.97 Å². The van der Waals surface area contributed by atoms with E-state index in [0.29, 0.717) is 11.1 Å². The topological polar surface area (TPSA) is 83.0 Å². The van der Waals surface area contributed by atoms with Gasteiger partial charge in [0.2, 0.25) is 5.88 Å². The van der Waals surface area contributed by atoms with Gasteiger partial charge in [-0.1, -0.05) is 53.7 Å². The van der Waals surface area contributed by atoms with Gasteiger partial charge in [-0.15, -0.1) is 0 Å². The molecule has 0 unspecified atom stereocenters. The molecule has 0 atom stereocenters. The van der Waals surface area contributed by atoms with Gasteiger partial charge in [0.1, 0.15) is 5.82 Å². The van der Waals surface area contributed by atoms with E-state index in [4.69, 9.17) is 0 Å². The van der Waals surface area contributed by atoms with Crippen LogP contribution in [0.1, 0.15) is 27.0 Å². The lowest BCUT2D eigenvalue weighted by molar-refractivity contribution is 0.102. The summed E-state index contributed by atoms with van der Waals surface area (Å²) in [6, 6.07) is 12.9. The van der Waals surface area contributed by atoms with E-state index in [9.17, 15) is 19.1 Å². The molecule has 0 aliphatic rings. The van der Waals surface area contributed by atoms with Gasteiger partial charge in [-0.25, -0.2) is 4.39 Å². The number of ketones is 1. The molecule has 3 rings (SSSR count). The van der Waals surface area contributed by atoms with Crippen LogP contribution in [0.3, 0.4) is 0 Å². The highest BCUT2D eigenvalue weighted by Crippen LogP contribution is 2.20. The molecular weight excluding hydrogens is 367 g/mol. The number of rotatable bonds is 6. The average Bonchev–Trinajstić information content (AvgIpc) is 2.65. The van der Waals surface area contributed by atoms with Crippen LogP contribution in [-0.2, 0) is 6.42 Å². The number of halogens is 1. The van der Waals surface area contributed by atoms with Crippen LogP contribution in [0, 0.1) is 12.7 Å². The number of benzene rings is 2. The molecule has 27 heavy (non-hydrogen) atoms. The number of aromatic nitrogens is 2. The van der Waals surface area contributed by atoms with Crippen molar-refractivity contribution in [2.45, 2.75) is 18.5 Å². The second-order valence-electron chi connectivity index (χ2n) is 6.05. The first-order valence-electron chi connectivity index (χ1n) is 8.21. The number of carbonyl (C=O) groups is 1. The number of H-pyrrole nitrogens is 1. The van der Waals surface area contributed by atoms with Crippen LogP contribution >= 0.6 is 11.8 Å². The Kier molecular flexibility index (Phi) is 5.71. The Labute approximate surface area is 159 Å². The smallest absolute Gasteiger partial charge is 0.258 e. The summed E-state index contributed by atoms with van der Waals surface area (Å²) in [5.74, 6) is -0.783. The van der Waals surface area contributed by atoms with Gasteiger partial charge >= 0.3 is 0 Å². The van der Waals surface area contributed by atoms with Crippen molar-refractivity contribution < 1.29 is 14.3 Å². The van der Waals surface area contributed by atoms with E-state index in [1.54, 1.807) is 12.1 Å². The summed E-state index contributed by atoms with van der Waals surface area (Å²) in [7, 11) is 0. The Morgan fingerprint density at radius 1 is 1.15 bits per heavy atom. The van der Waals surface area contributed by atoms with Crippen LogP contribution in [-0.4, -0.2) is 26.6 Å². The second-order valence-corrected chi connectivity index (χ2v) is 7.02. The Morgan fingerprint density at radius 3 is 2.44 bits per heavy atom. The van der Waals surface area contributed by atoms with Crippen LogP contribution in [0.15, 0.2) is 58.5 Å². The number of thioether (sulfide) groups is 1. The molecule has 5 nitrogen and oxygen atoms in total. The molecule has 0 amide bonds. The summed E-state index contributed by atoms with van der Waals surface area (Å²) >= 11 is 1.05. The van der Waals surface area contributed by atoms with Crippen molar-refractivity contribution in [1.29, 1.82) is 0 Å². The lowest BCUT2D eigenvalue weighted by atomic mass is 10.1. The lowest BCUT2D eigenvalue weighted by Gasteiger charge is -2.06. The third-order valence-electron chi connectivity index (χ3n) is 3.98. The molecule has 0 saturated heterocycles. The maximum Gasteiger partial charge on any atom is 0.258 e. The Hall–Kier alpha value is -2.93. The van der Waals surface area contributed by atoms with E-state index in [1.807, 2.05) is 19.1 Å². The number of hydrogen-bond donors (Lipinski definition) is 2. The van der Waals surface area contributed by atoms with Crippen LogP contribution in [0.5, 0.6) is 5.88 Å². The Balaban J connectivity index is 1.70. The highest BCUT2D eigenvalue weighted by atomic mass is 32.2. The molecule has 0 aliphatic heterocycles.